The van der Waals surface area contributed by atoms with Gasteiger partial charge in [0.1, 0.15) is 5.78 Å². The third kappa shape index (κ3) is 4.42. The fourth-order valence-corrected chi connectivity index (χ4v) is 2.39. The summed E-state index contributed by atoms with van der Waals surface area (Å²) in [6.45, 7) is 13.8. The Balaban J connectivity index is 0.00000110. The van der Waals surface area contributed by atoms with E-state index in [0.29, 0.717) is 12.3 Å². The van der Waals surface area contributed by atoms with E-state index < -0.39 is 11.5 Å². The molecule has 118 valence electrons. The van der Waals surface area contributed by atoms with Gasteiger partial charge < -0.3 is 10.2 Å². The standard InChI is InChI=1S/C15H26O2.C2H6O/c1-10-7-8-12(14(10,3)4)9-13(17)15(5,6)11(2)16;1-2-3/h7,12-13,17H,8-9H2,1-6H3;3H,2H2,1H3. The molecule has 1 aliphatic rings. The van der Waals surface area contributed by atoms with Crippen LogP contribution in [0.1, 0.15) is 61.3 Å². The first kappa shape index (κ1) is 19.3. The van der Waals surface area contributed by atoms with Crippen molar-refractivity contribution in [2.45, 2.75) is 67.4 Å². The van der Waals surface area contributed by atoms with Crippen LogP contribution in [0.5, 0.6) is 0 Å². The van der Waals surface area contributed by atoms with Gasteiger partial charge in [0.2, 0.25) is 0 Å². The average Bonchev–Trinajstić information content (AvgIpc) is 2.56. The zero-order valence-corrected chi connectivity index (χ0v) is 14.2. The molecule has 0 bridgehead atoms. The maximum absolute atomic E-state index is 11.5. The lowest BCUT2D eigenvalue weighted by atomic mass is 9.71. The van der Waals surface area contributed by atoms with Gasteiger partial charge in [-0.3, -0.25) is 4.79 Å². The Labute approximate surface area is 124 Å². The molecule has 0 saturated carbocycles. The van der Waals surface area contributed by atoms with Crippen LogP contribution in [0.2, 0.25) is 0 Å². The SMILES string of the molecule is CC(=O)C(C)(C)C(O)CC1CC=C(C)C1(C)C.CCO. The predicted molar refractivity (Wildman–Crippen MR) is 83.5 cm³/mol. The summed E-state index contributed by atoms with van der Waals surface area (Å²) < 4.78 is 0. The molecule has 0 heterocycles. The molecule has 20 heavy (non-hydrogen) atoms. The highest BCUT2D eigenvalue weighted by atomic mass is 16.3. The van der Waals surface area contributed by atoms with Crippen LogP contribution in [0.3, 0.4) is 0 Å². The largest absolute Gasteiger partial charge is 0.397 e. The quantitative estimate of drug-likeness (QED) is 0.778. The van der Waals surface area contributed by atoms with E-state index >= 15 is 0 Å². The van der Waals surface area contributed by atoms with Crippen LogP contribution >= 0.6 is 0 Å². The molecule has 1 rings (SSSR count). The molecule has 2 atom stereocenters. The number of carbonyl (C=O) groups excluding carboxylic acids is 1. The molecule has 0 aromatic rings. The second-order valence-corrected chi connectivity index (χ2v) is 6.89. The molecule has 2 unspecified atom stereocenters. The van der Waals surface area contributed by atoms with Crippen LogP contribution in [-0.4, -0.2) is 28.7 Å². The first-order chi connectivity index (χ1) is 9.01. The van der Waals surface area contributed by atoms with Crippen molar-refractivity contribution in [1.29, 1.82) is 0 Å². The fraction of sp³-hybridized carbons (Fsp3) is 0.824. The number of hydrogen-bond donors (Lipinski definition) is 2. The zero-order valence-electron chi connectivity index (χ0n) is 14.2. The second kappa shape index (κ2) is 7.37. The number of carbonyl (C=O) groups is 1. The number of aliphatic hydroxyl groups is 2. The van der Waals surface area contributed by atoms with E-state index in [9.17, 15) is 9.90 Å². The van der Waals surface area contributed by atoms with Gasteiger partial charge in [0.15, 0.2) is 0 Å². The Morgan fingerprint density at radius 3 is 2.25 bits per heavy atom. The highest BCUT2D eigenvalue weighted by molar-refractivity contribution is 5.82. The fourth-order valence-electron chi connectivity index (χ4n) is 2.39. The van der Waals surface area contributed by atoms with Gasteiger partial charge >= 0.3 is 0 Å². The second-order valence-electron chi connectivity index (χ2n) is 6.89. The van der Waals surface area contributed by atoms with Gasteiger partial charge in [-0.2, -0.15) is 0 Å². The van der Waals surface area contributed by atoms with E-state index in [-0.39, 0.29) is 17.8 Å². The minimum absolute atomic E-state index is 0.0606. The van der Waals surface area contributed by atoms with Crippen LogP contribution in [0, 0.1) is 16.7 Å². The van der Waals surface area contributed by atoms with E-state index in [1.165, 1.54) is 5.57 Å². The monoisotopic (exact) mass is 284 g/mol. The van der Waals surface area contributed by atoms with Gasteiger partial charge in [-0.25, -0.2) is 0 Å². The molecule has 0 amide bonds. The molecule has 0 aromatic heterocycles. The zero-order chi connectivity index (χ0) is 16.1. The molecular formula is C17H32O3. The molecular weight excluding hydrogens is 252 g/mol. The molecule has 1 aliphatic carbocycles. The summed E-state index contributed by atoms with van der Waals surface area (Å²) in [6.07, 6.45) is 3.43. The van der Waals surface area contributed by atoms with Gasteiger partial charge in [-0.15, -0.1) is 0 Å². The van der Waals surface area contributed by atoms with Crippen molar-refractivity contribution in [2.75, 3.05) is 6.61 Å². The summed E-state index contributed by atoms with van der Waals surface area (Å²) in [5, 5.41) is 17.9. The predicted octanol–water partition coefficient (Wildman–Crippen LogP) is 3.34. The molecule has 3 nitrogen and oxygen atoms in total. The van der Waals surface area contributed by atoms with Gasteiger partial charge in [0, 0.05) is 12.0 Å². The van der Waals surface area contributed by atoms with Crippen LogP contribution in [0.25, 0.3) is 0 Å². The lowest BCUT2D eigenvalue weighted by Gasteiger charge is -2.35. The van der Waals surface area contributed by atoms with Crippen molar-refractivity contribution in [3.8, 4) is 0 Å². The van der Waals surface area contributed by atoms with Crippen LogP contribution < -0.4 is 0 Å². The van der Waals surface area contributed by atoms with Gasteiger partial charge in [-0.05, 0) is 44.9 Å². The number of aliphatic hydroxyl groups excluding tert-OH is 2. The van der Waals surface area contributed by atoms with Crippen molar-refractivity contribution in [2.24, 2.45) is 16.7 Å². The van der Waals surface area contributed by atoms with Gasteiger partial charge in [-0.1, -0.05) is 39.3 Å². The first-order valence-electron chi connectivity index (χ1n) is 7.48. The van der Waals surface area contributed by atoms with E-state index in [1.54, 1.807) is 13.8 Å². The summed E-state index contributed by atoms with van der Waals surface area (Å²) in [5.74, 6) is 0.501. The topological polar surface area (TPSA) is 57.5 Å². The lowest BCUT2D eigenvalue weighted by molar-refractivity contribution is -0.131. The van der Waals surface area contributed by atoms with Crippen molar-refractivity contribution in [3.63, 3.8) is 0 Å². The Kier molecular flexibility index (Phi) is 7.12. The van der Waals surface area contributed by atoms with Crippen molar-refractivity contribution in [1.82, 2.24) is 0 Å². The van der Waals surface area contributed by atoms with Crippen LogP contribution in [-0.2, 0) is 4.79 Å². The molecule has 3 heteroatoms. The molecule has 0 saturated heterocycles. The number of Topliss-reactive ketones (excluding diaryl/α,β-unsaturated/α-hetero) is 1. The van der Waals surface area contributed by atoms with E-state index in [1.807, 2.05) is 13.8 Å². The van der Waals surface area contributed by atoms with Crippen molar-refractivity contribution in [3.05, 3.63) is 11.6 Å². The molecule has 0 radical (unpaired) electrons. The smallest absolute Gasteiger partial charge is 0.137 e. The Morgan fingerprint density at radius 2 is 1.95 bits per heavy atom. The maximum atomic E-state index is 11.5. The Morgan fingerprint density at radius 1 is 1.50 bits per heavy atom. The third-order valence-corrected chi connectivity index (χ3v) is 4.99. The van der Waals surface area contributed by atoms with E-state index in [4.69, 9.17) is 5.11 Å². The van der Waals surface area contributed by atoms with Gasteiger partial charge in [0.25, 0.3) is 0 Å². The van der Waals surface area contributed by atoms with E-state index in [2.05, 4.69) is 26.8 Å². The molecule has 0 aliphatic heterocycles. The summed E-state index contributed by atoms with van der Waals surface area (Å²) in [5.41, 5.74) is 0.913. The molecule has 0 spiro atoms. The van der Waals surface area contributed by atoms with E-state index in [0.717, 1.165) is 6.42 Å². The average molecular weight is 284 g/mol. The van der Waals surface area contributed by atoms with Gasteiger partial charge in [0.05, 0.1) is 6.10 Å². The van der Waals surface area contributed by atoms with Crippen molar-refractivity contribution >= 4 is 5.78 Å². The number of rotatable bonds is 4. The minimum atomic E-state index is -0.632. The van der Waals surface area contributed by atoms with Crippen LogP contribution in [0.15, 0.2) is 11.6 Å². The molecule has 2 N–H and O–H groups in total. The summed E-state index contributed by atoms with van der Waals surface area (Å²) in [4.78, 5) is 11.5. The normalized spacial score (nSPS) is 22.6. The summed E-state index contributed by atoms with van der Waals surface area (Å²) in [7, 11) is 0. The number of allylic oxidation sites excluding steroid dienone is 2. The Hall–Kier alpha value is -0.670. The summed E-state index contributed by atoms with van der Waals surface area (Å²) >= 11 is 0. The Bertz CT molecular complexity index is 353. The minimum Gasteiger partial charge on any atom is -0.397 e. The number of hydrogen-bond acceptors (Lipinski definition) is 3. The molecule has 0 aromatic carbocycles. The highest BCUT2D eigenvalue weighted by Crippen LogP contribution is 2.46. The lowest BCUT2D eigenvalue weighted by Crippen LogP contribution is -2.38. The van der Waals surface area contributed by atoms with Crippen molar-refractivity contribution < 1.29 is 15.0 Å². The van der Waals surface area contributed by atoms with Crippen LogP contribution in [0.4, 0.5) is 0 Å². The number of ketones is 1. The first-order valence-corrected chi connectivity index (χ1v) is 7.48. The highest BCUT2D eigenvalue weighted by Gasteiger charge is 2.40. The summed E-state index contributed by atoms with van der Waals surface area (Å²) in [6, 6.07) is 0. The third-order valence-electron chi connectivity index (χ3n) is 4.99. The maximum Gasteiger partial charge on any atom is 0.137 e. The molecule has 0 fully saturated rings.